The summed E-state index contributed by atoms with van der Waals surface area (Å²) in [5, 5.41) is 12.7. The van der Waals surface area contributed by atoms with E-state index in [-0.39, 0.29) is 0 Å². The molecule has 0 heterocycles. The van der Waals surface area contributed by atoms with E-state index in [2.05, 4.69) is 55.6 Å². The number of aliphatic hydroxyl groups is 1. The largest absolute Gasteiger partial charge is 0.389 e. The Labute approximate surface area is 110 Å². The molecule has 2 aromatic rings. The van der Waals surface area contributed by atoms with Crippen LogP contribution in [0.25, 0.3) is 0 Å². The minimum absolute atomic E-state index is 0.406. The first kappa shape index (κ1) is 13.1. The smallest absolute Gasteiger partial charge is 0.112 e. The maximum Gasteiger partial charge on any atom is 0.112 e. The number of hydrogen-bond donors (Lipinski definition) is 1. The van der Waals surface area contributed by atoms with Crippen LogP contribution in [0.3, 0.4) is 0 Å². The van der Waals surface area contributed by atoms with Crippen molar-refractivity contribution < 1.29 is 5.11 Å². The van der Waals surface area contributed by atoms with Crippen LogP contribution in [0.2, 0.25) is 13.1 Å². The van der Waals surface area contributed by atoms with Crippen molar-refractivity contribution >= 4 is 18.4 Å². The van der Waals surface area contributed by atoms with Crippen LogP contribution in [0.1, 0.15) is 18.6 Å². The van der Waals surface area contributed by atoms with E-state index in [1.807, 2.05) is 19.1 Å². The Balaban J connectivity index is 2.54. The summed E-state index contributed by atoms with van der Waals surface area (Å²) in [5.41, 5.74) is 1.07. The molecule has 0 aliphatic heterocycles. The third-order valence-corrected chi connectivity index (χ3v) is 7.16. The third-order valence-electron chi connectivity index (χ3n) is 3.58. The highest BCUT2D eigenvalue weighted by Gasteiger charge is 2.28. The lowest BCUT2D eigenvalue weighted by molar-refractivity contribution is 0.200. The van der Waals surface area contributed by atoms with Gasteiger partial charge in [-0.05, 0) is 17.7 Å². The Morgan fingerprint density at radius 3 is 2.06 bits per heavy atom. The highest BCUT2D eigenvalue weighted by atomic mass is 28.3. The van der Waals surface area contributed by atoms with Gasteiger partial charge in [0.15, 0.2) is 0 Å². The lowest BCUT2D eigenvalue weighted by Crippen LogP contribution is -2.54. The first-order valence-electron chi connectivity index (χ1n) is 6.36. The summed E-state index contributed by atoms with van der Waals surface area (Å²) in [4.78, 5) is 0. The molecule has 2 rings (SSSR count). The van der Waals surface area contributed by atoms with E-state index in [9.17, 15) is 5.11 Å². The fourth-order valence-corrected chi connectivity index (χ4v) is 5.30. The second-order valence-electron chi connectivity index (χ2n) is 5.25. The number of hydrogen-bond acceptors (Lipinski definition) is 1. The van der Waals surface area contributed by atoms with E-state index in [1.54, 1.807) is 0 Å². The molecule has 18 heavy (non-hydrogen) atoms. The van der Waals surface area contributed by atoms with Gasteiger partial charge in [0.2, 0.25) is 0 Å². The summed E-state index contributed by atoms with van der Waals surface area (Å²) >= 11 is 0. The quantitative estimate of drug-likeness (QED) is 0.837. The molecule has 94 valence electrons. The van der Waals surface area contributed by atoms with Crippen molar-refractivity contribution in [2.75, 3.05) is 0 Å². The molecular formula is C16H20OSi. The molecule has 1 nitrogen and oxygen atoms in total. The molecule has 0 aliphatic carbocycles. The standard InChI is InChI=1S/C16H20OSi/c1-13(17)15-11-7-8-12-16(15)18(2,3)14-9-5-4-6-10-14/h4-13,17H,1-3H3/t13-/m1/s1. The Hall–Kier alpha value is -1.38. The zero-order chi connectivity index (χ0) is 13.2. The van der Waals surface area contributed by atoms with Crippen LogP contribution in [0.4, 0.5) is 0 Å². The summed E-state index contributed by atoms with van der Waals surface area (Å²) < 4.78 is 0. The fourth-order valence-electron chi connectivity index (χ4n) is 2.44. The zero-order valence-electron chi connectivity index (χ0n) is 11.2. The lowest BCUT2D eigenvalue weighted by atomic mass is 10.1. The van der Waals surface area contributed by atoms with Gasteiger partial charge in [0.25, 0.3) is 0 Å². The van der Waals surface area contributed by atoms with E-state index >= 15 is 0 Å². The van der Waals surface area contributed by atoms with Crippen molar-refractivity contribution in [1.82, 2.24) is 0 Å². The van der Waals surface area contributed by atoms with E-state index in [4.69, 9.17) is 0 Å². The molecule has 0 aliphatic rings. The minimum atomic E-state index is -1.72. The molecule has 0 amide bonds. The van der Waals surface area contributed by atoms with Crippen LogP contribution < -0.4 is 10.4 Å². The SMILES string of the molecule is C[C@@H](O)c1ccccc1[Si](C)(C)c1ccccc1. The number of aliphatic hydroxyl groups excluding tert-OH is 1. The Bertz CT molecular complexity index is 518. The predicted molar refractivity (Wildman–Crippen MR) is 80.3 cm³/mol. The average Bonchev–Trinajstić information content (AvgIpc) is 2.39. The van der Waals surface area contributed by atoms with Crippen molar-refractivity contribution in [2.45, 2.75) is 26.1 Å². The zero-order valence-corrected chi connectivity index (χ0v) is 12.2. The second kappa shape index (κ2) is 5.08. The first-order valence-corrected chi connectivity index (χ1v) is 9.36. The van der Waals surface area contributed by atoms with Crippen molar-refractivity contribution in [1.29, 1.82) is 0 Å². The third kappa shape index (κ3) is 2.40. The molecule has 0 aromatic heterocycles. The van der Waals surface area contributed by atoms with Crippen LogP contribution in [-0.2, 0) is 0 Å². The number of rotatable bonds is 3. The monoisotopic (exact) mass is 256 g/mol. The van der Waals surface area contributed by atoms with Crippen LogP contribution >= 0.6 is 0 Å². The van der Waals surface area contributed by atoms with Crippen molar-refractivity contribution in [3.05, 3.63) is 60.2 Å². The Morgan fingerprint density at radius 1 is 0.889 bits per heavy atom. The predicted octanol–water partition coefficient (Wildman–Crippen LogP) is 2.56. The fraction of sp³-hybridized carbons (Fsp3) is 0.250. The Morgan fingerprint density at radius 2 is 1.44 bits per heavy atom. The molecule has 0 saturated heterocycles. The van der Waals surface area contributed by atoms with Crippen LogP contribution in [0.5, 0.6) is 0 Å². The molecule has 0 spiro atoms. The van der Waals surface area contributed by atoms with E-state index < -0.39 is 14.2 Å². The molecule has 1 atom stereocenters. The molecule has 1 N–H and O–H groups in total. The van der Waals surface area contributed by atoms with Gasteiger partial charge in [-0.2, -0.15) is 0 Å². The molecule has 0 radical (unpaired) electrons. The highest BCUT2D eigenvalue weighted by molar-refractivity contribution is 7.00. The van der Waals surface area contributed by atoms with Crippen molar-refractivity contribution in [3.63, 3.8) is 0 Å². The van der Waals surface area contributed by atoms with Crippen molar-refractivity contribution in [3.8, 4) is 0 Å². The Kier molecular flexibility index (Phi) is 3.69. The second-order valence-corrected chi connectivity index (χ2v) is 9.62. The van der Waals surface area contributed by atoms with Gasteiger partial charge >= 0.3 is 0 Å². The van der Waals surface area contributed by atoms with E-state index in [0.717, 1.165) is 5.56 Å². The summed E-state index contributed by atoms with van der Waals surface area (Å²) in [6, 6.07) is 18.9. The van der Waals surface area contributed by atoms with Gasteiger partial charge in [0.05, 0.1) is 6.10 Å². The van der Waals surface area contributed by atoms with Crippen LogP contribution in [0.15, 0.2) is 54.6 Å². The topological polar surface area (TPSA) is 20.2 Å². The summed E-state index contributed by atoms with van der Waals surface area (Å²) in [5.74, 6) is 0. The summed E-state index contributed by atoms with van der Waals surface area (Å²) in [6.07, 6.45) is -0.406. The van der Waals surface area contributed by atoms with E-state index in [1.165, 1.54) is 10.4 Å². The minimum Gasteiger partial charge on any atom is -0.389 e. The lowest BCUT2D eigenvalue weighted by Gasteiger charge is -2.27. The first-order chi connectivity index (χ1) is 8.53. The van der Waals surface area contributed by atoms with Gasteiger partial charge in [0.1, 0.15) is 8.07 Å². The number of benzene rings is 2. The van der Waals surface area contributed by atoms with Crippen LogP contribution in [-0.4, -0.2) is 13.2 Å². The van der Waals surface area contributed by atoms with Gasteiger partial charge in [-0.3, -0.25) is 0 Å². The molecule has 2 aromatic carbocycles. The highest BCUT2D eigenvalue weighted by Crippen LogP contribution is 2.14. The molecule has 0 saturated carbocycles. The molecule has 0 unspecified atom stereocenters. The molecule has 0 bridgehead atoms. The van der Waals surface area contributed by atoms with Crippen LogP contribution in [0, 0.1) is 0 Å². The van der Waals surface area contributed by atoms with E-state index in [0.29, 0.717) is 0 Å². The van der Waals surface area contributed by atoms with Gasteiger partial charge in [-0.1, -0.05) is 72.9 Å². The molecule has 0 fully saturated rings. The average molecular weight is 256 g/mol. The van der Waals surface area contributed by atoms with Gasteiger partial charge in [-0.15, -0.1) is 0 Å². The van der Waals surface area contributed by atoms with Gasteiger partial charge < -0.3 is 5.11 Å². The van der Waals surface area contributed by atoms with Crippen molar-refractivity contribution in [2.24, 2.45) is 0 Å². The summed E-state index contributed by atoms with van der Waals surface area (Å²) in [7, 11) is -1.72. The normalized spacial score (nSPS) is 13.3. The van der Waals surface area contributed by atoms with Gasteiger partial charge in [0, 0.05) is 0 Å². The maximum atomic E-state index is 9.94. The molecule has 2 heteroatoms. The molecular weight excluding hydrogens is 236 g/mol. The van der Waals surface area contributed by atoms with Gasteiger partial charge in [-0.25, -0.2) is 0 Å². The summed E-state index contributed by atoms with van der Waals surface area (Å²) in [6.45, 7) is 6.52. The maximum absolute atomic E-state index is 9.94.